The molecule has 2 heterocycles. The van der Waals surface area contributed by atoms with Crippen LogP contribution < -0.4 is 5.32 Å². The average Bonchev–Trinajstić information content (AvgIpc) is 2.49. The molecule has 1 N–H and O–H groups in total. The van der Waals surface area contributed by atoms with Crippen molar-refractivity contribution in [1.29, 1.82) is 0 Å². The fourth-order valence-electron chi connectivity index (χ4n) is 1.39. The molecule has 5 heteroatoms. The second-order valence-electron chi connectivity index (χ2n) is 3.42. The third-order valence-electron chi connectivity index (χ3n) is 2.09. The Hall–Kier alpha value is -0.550. The zero-order valence-electron chi connectivity index (χ0n) is 7.68. The van der Waals surface area contributed by atoms with Crippen molar-refractivity contribution < 1.29 is 0 Å². The molecule has 1 unspecified atom stereocenters. The van der Waals surface area contributed by atoms with Gasteiger partial charge < -0.3 is 5.32 Å². The molecule has 0 saturated carbocycles. The van der Waals surface area contributed by atoms with E-state index in [0.717, 1.165) is 6.54 Å². The molecule has 0 spiro atoms. The van der Waals surface area contributed by atoms with Gasteiger partial charge >= 0.3 is 0 Å². The van der Waals surface area contributed by atoms with Crippen molar-refractivity contribution in [1.82, 2.24) is 20.1 Å². The van der Waals surface area contributed by atoms with E-state index in [-0.39, 0.29) is 0 Å². The highest BCUT2D eigenvalue weighted by atomic mass is 32.2. The molecule has 0 aromatic carbocycles. The van der Waals surface area contributed by atoms with E-state index in [0.29, 0.717) is 12.1 Å². The normalized spacial score (nSPS) is 19.8. The summed E-state index contributed by atoms with van der Waals surface area (Å²) in [5.74, 6) is 2.50. The highest BCUT2D eigenvalue weighted by molar-refractivity contribution is 8.00. The Morgan fingerprint density at radius 3 is 3.08 bits per heavy atom. The smallest absolute Gasteiger partial charge is 0.137 e. The zero-order chi connectivity index (χ0) is 9.10. The number of aromatic nitrogens is 3. The molecule has 0 bridgehead atoms. The van der Waals surface area contributed by atoms with Crippen molar-refractivity contribution in [2.75, 3.05) is 11.5 Å². The Balaban J connectivity index is 1.74. The summed E-state index contributed by atoms with van der Waals surface area (Å²) in [6.07, 6.45) is 3.33. The summed E-state index contributed by atoms with van der Waals surface area (Å²) in [6.45, 7) is 3.09. The van der Waals surface area contributed by atoms with E-state index in [4.69, 9.17) is 0 Å². The summed E-state index contributed by atoms with van der Waals surface area (Å²) in [4.78, 5) is 3.91. The van der Waals surface area contributed by atoms with Gasteiger partial charge in [-0.05, 0) is 6.92 Å². The van der Waals surface area contributed by atoms with E-state index in [1.54, 1.807) is 12.7 Å². The van der Waals surface area contributed by atoms with Gasteiger partial charge in [0.25, 0.3) is 0 Å². The van der Waals surface area contributed by atoms with Crippen LogP contribution >= 0.6 is 11.8 Å². The van der Waals surface area contributed by atoms with E-state index in [1.807, 2.05) is 16.4 Å². The summed E-state index contributed by atoms with van der Waals surface area (Å²) in [7, 11) is 0. The van der Waals surface area contributed by atoms with Crippen molar-refractivity contribution in [3.8, 4) is 0 Å². The van der Waals surface area contributed by atoms with Crippen molar-refractivity contribution in [2.24, 2.45) is 0 Å². The van der Waals surface area contributed by atoms with Crippen LogP contribution in [-0.4, -0.2) is 38.4 Å². The van der Waals surface area contributed by atoms with Gasteiger partial charge in [0.05, 0.1) is 6.54 Å². The molecule has 2 rings (SSSR count). The molecule has 1 fully saturated rings. The quantitative estimate of drug-likeness (QED) is 0.759. The molecule has 1 aliphatic rings. The fraction of sp³-hybridized carbons (Fsp3) is 0.750. The molecular formula is C8H14N4S. The Morgan fingerprint density at radius 2 is 2.54 bits per heavy atom. The van der Waals surface area contributed by atoms with Gasteiger partial charge in [-0.15, -0.1) is 0 Å². The minimum Gasteiger partial charge on any atom is -0.308 e. The first kappa shape index (κ1) is 9.02. The van der Waals surface area contributed by atoms with Crippen LogP contribution in [0.5, 0.6) is 0 Å². The summed E-state index contributed by atoms with van der Waals surface area (Å²) >= 11 is 2.00. The highest BCUT2D eigenvalue weighted by Gasteiger charge is 2.19. The van der Waals surface area contributed by atoms with E-state index in [2.05, 4.69) is 22.3 Å². The number of hydrogen-bond donors (Lipinski definition) is 1. The molecule has 0 amide bonds. The Bertz CT molecular complexity index is 245. The summed E-state index contributed by atoms with van der Waals surface area (Å²) < 4.78 is 1.86. The predicted molar refractivity (Wildman–Crippen MR) is 53.7 cm³/mol. The van der Waals surface area contributed by atoms with E-state index in [1.165, 1.54) is 11.5 Å². The molecule has 0 aliphatic carbocycles. The Labute approximate surface area is 82.1 Å². The first-order chi connectivity index (χ1) is 6.34. The molecule has 13 heavy (non-hydrogen) atoms. The molecule has 0 radical (unpaired) electrons. The Kier molecular flexibility index (Phi) is 2.85. The second kappa shape index (κ2) is 4.11. The van der Waals surface area contributed by atoms with Crippen LogP contribution in [0.15, 0.2) is 12.7 Å². The van der Waals surface area contributed by atoms with Crippen molar-refractivity contribution in [3.63, 3.8) is 0 Å². The molecule has 4 nitrogen and oxygen atoms in total. The molecule has 1 aromatic heterocycles. The van der Waals surface area contributed by atoms with Gasteiger partial charge in [0.1, 0.15) is 12.7 Å². The topological polar surface area (TPSA) is 42.7 Å². The van der Waals surface area contributed by atoms with Crippen LogP contribution in [0.4, 0.5) is 0 Å². The number of nitrogens with zero attached hydrogens (tertiary/aromatic N) is 3. The van der Waals surface area contributed by atoms with Crippen LogP contribution in [0.25, 0.3) is 0 Å². The predicted octanol–water partition coefficient (Wildman–Crippen LogP) is 0.372. The lowest BCUT2D eigenvalue weighted by Crippen LogP contribution is -2.46. The van der Waals surface area contributed by atoms with Gasteiger partial charge in [-0.2, -0.15) is 16.9 Å². The average molecular weight is 198 g/mol. The van der Waals surface area contributed by atoms with Crippen molar-refractivity contribution >= 4 is 11.8 Å². The van der Waals surface area contributed by atoms with Crippen LogP contribution in [0.2, 0.25) is 0 Å². The monoisotopic (exact) mass is 198 g/mol. The second-order valence-corrected chi connectivity index (χ2v) is 4.49. The lowest BCUT2D eigenvalue weighted by Gasteiger charge is -2.29. The Morgan fingerprint density at radius 1 is 1.69 bits per heavy atom. The molecule has 1 aromatic rings. The van der Waals surface area contributed by atoms with Crippen molar-refractivity contribution in [2.45, 2.75) is 25.6 Å². The maximum absolute atomic E-state index is 4.07. The van der Waals surface area contributed by atoms with Gasteiger partial charge in [-0.1, -0.05) is 0 Å². The lowest BCUT2D eigenvalue weighted by atomic mass is 10.2. The van der Waals surface area contributed by atoms with Gasteiger partial charge in [0.2, 0.25) is 0 Å². The van der Waals surface area contributed by atoms with Gasteiger partial charge in [0, 0.05) is 23.6 Å². The van der Waals surface area contributed by atoms with Crippen LogP contribution in [0.3, 0.4) is 0 Å². The minimum absolute atomic E-state index is 0.479. The van der Waals surface area contributed by atoms with E-state index >= 15 is 0 Å². The summed E-state index contributed by atoms with van der Waals surface area (Å²) in [5, 5.41) is 7.61. The minimum atomic E-state index is 0.479. The third kappa shape index (κ3) is 2.45. The van der Waals surface area contributed by atoms with Crippen LogP contribution in [-0.2, 0) is 6.54 Å². The maximum atomic E-state index is 4.07. The number of hydrogen-bond acceptors (Lipinski definition) is 4. The van der Waals surface area contributed by atoms with Gasteiger partial charge in [-0.3, -0.25) is 4.68 Å². The van der Waals surface area contributed by atoms with E-state index in [9.17, 15) is 0 Å². The SMILES string of the molecule is CC(Cn1cncn1)NC1CSC1. The first-order valence-electron chi connectivity index (χ1n) is 4.51. The van der Waals surface area contributed by atoms with Crippen LogP contribution in [0.1, 0.15) is 6.92 Å². The van der Waals surface area contributed by atoms with Crippen LogP contribution in [0, 0.1) is 0 Å². The van der Waals surface area contributed by atoms with Gasteiger partial charge in [0.15, 0.2) is 0 Å². The molecule has 72 valence electrons. The van der Waals surface area contributed by atoms with E-state index < -0.39 is 0 Å². The number of nitrogens with one attached hydrogen (secondary N) is 1. The first-order valence-corrected chi connectivity index (χ1v) is 5.66. The largest absolute Gasteiger partial charge is 0.308 e. The fourth-order valence-corrected chi connectivity index (χ4v) is 2.06. The summed E-state index contributed by atoms with van der Waals surface area (Å²) in [6, 6.07) is 1.19. The maximum Gasteiger partial charge on any atom is 0.137 e. The molecule has 1 aliphatic heterocycles. The standard InChI is InChI=1S/C8H14N4S/c1-7(11-8-3-13-4-8)2-12-6-9-5-10-12/h5-8,11H,2-4H2,1H3. The third-order valence-corrected chi connectivity index (χ3v) is 3.36. The molecular weight excluding hydrogens is 184 g/mol. The number of thioether (sulfide) groups is 1. The molecule has 1 saturated heterocycles. The number of rotatable bonds is 4. The highest BCUT2D eigenvalue weighted by Crippen LogP contribution is 2.17. The molecule has 1 atom stereocenters. The lowest BCUT2D eigenvalue weighted by molar-refractivity contribution is 0.418. The van der Waals surface area contributed by atoms with Crippen molar-refractivity contribution in [3.05, 3.63) is 12.7 Å². The van der Waals surface area contributed by atoms with Gasteiger partial charge in [-0.25, -0.2) is 4.98 Å². The zero-order valence-corrected chi connectivity index (χ0v) is 8.50. The summed E-state index contributed by atoms with van der Waals surface area (Å²) in [5.41, 5.74) is 0.